The van der Waals surface area contributed by atoms with Crippen molar-refractivity contribution in [2.24, 2.45) is 0 Å². The van der Waals surface area contributed by atoms with Crippen molar-refractivity contribution in [2.45, 2.75) is 25.2 Å². The van der Waals surface area contributed by atoms with Gasteiger partial charge in [-0.25, -0.2) is 14.4 Å². The minimum Gasteiger partial charge on any atom is -0.318 e. The van der Waals surface area contributed by atoms with E-state index in [2.05, 4.69) is 20.2 Å². The van der Waals surface area contributed by atoms with Crippen molar-refractivity contribution in [3.8, 4) is 0 Å². The van der Waals surface area contributed by atoms with Crippen LogP contribution in [0.1, 0.15) is 12.2 Å². The number of nitrogens with zero attached hydrogens (tertiary/aromatic N) is 3. The Morgan fingerprint density at radius 2 is 2.25 bits per heavy atom. The van der Waals surface area contributed by atoms with Gasteiger partial charge in [0.25, 0.3) is 0 Å². The van der Waals surface area contributed by atoms with E-state index in [4.69, 9.17) is 0 Å². The van der Waals surface area contributed by atoms with E-state index in [-0.39, 0.29) is 6.04 Å². The minimum absolute atomic E-state index is 0.254. The number of nitrogens with one attached hydrogen (secondary N) is 1. The zero-order valence-corrected chi connectivity index (χ0v) is 9.43. The van der Waals surface area contributed by atoms with Crippen molar-refractivity contribution in [2.75, 3.05) is 20.1 Å². The Labute approximate surface area is 94.9 Å². The lowest BCUT2D eigenvalue weighted by atomic mass is 10.2. The number of likely N-dealkylation sites (tertiary alicyclic amines) is 1. The van der Waals surface area contributed by atoms with Crippen LogP contribution in [0.5, 0.6) is 0 Å². The van der Waals surface area contributed by atoms with E-state index in [0.717, 1.165) is 12.4 Å². The Hall–Kier alpha value is -1.07. The molecule has 1 aliphatic rings. The summed E-state index contributed by atoms with van der Waals surface area (Å²) in [7, 11) is 1.89. The summed E-state index contributed by atoms with van der Waals surface area (Å²) in [6.45, 7) is 1.94. The number of hydrogen-bond donors (Lipinski definition) is 1. The summed E-state index contributed by atoms with van der Waals surface area (Å²) < 4.78 is 13.3. The molecule has 1 saturated heterocycles. The second-order valence-corrected chi connectivity index (χ2v) is 4.14. The number of halogens is 1. The fraction of sp³-hybridized carbons (Fsp3) is 0.636. The van der Waals surface area contributed by atoms with Crippen LogP contribution in [0.3, 0.4) is 0 Å². The third kappa shape index (κ3) is 2.74. The highest BCUT2D eigenvalue weighted by Gasteiger charge is 2.31. The smallest absolute Gasteiger partial charge is 0.142 e. The fourth-order valence-electron chi connectivity index (χ4n) is 2.16. The first-order chi connectivity index (χ1) is 7.79. The Bertz CT molecular complexity index is 319. The van der Waals surface area contributed by atoms with E-state index in [0.29, 0.717) is 19.5 Å². The molecule has 88 valence electrons. The lowest BCUT2D eigenvalue weighted by Gasteiger charge is -2.22. The topological polar surface area (TPSA) is 41.0 Å². The minimum atomic E-state index is -0.720. The summed E-state index contributed by atoms with van der Waals surface area (Å²) >= 11 is 0. The van der Waals surface area contributed by atoms with Gasteiger partial charge < -0.3 is 5.32 Å². The highest BCUT2D eigenvalue weighted by Crippen LogP contribution is 2.21. The molecule has 0 aliphatic carbocycles. The van der Waals surface area contributed by atoms with Gasteiger partial charge in [-0.2, -0.15) is 0 Å². The molecule has 0 spiro atoms. The number of likely N-dealkylation sites (N-methyl/N-ethyl adjacent to an activating group) is 1. The van der Waals surface area contributed by atoms with Crippen LogP contribution >= 0.6 is 0 Å². The van der Waals surface area contributed by atoms with Gasteiger partial charge in [-0.1, -0.05) is 0 Å². The third-order valence-corrected chi connectivity index (χ3v) is 2.88. The van der Waals surface area contributed by atoms with Crippen LogP contribution in [0.2, 0.25) is 0 Å². The fourth-order valence-corrected chi connectivity index (χ4v) is 2.16. The van der Waals surface area contributed by atoms with E-state index in [1.807, 2.05) is 7.05 Å². The predicted molar refractivity (Wildman–Crippen MR) is 59.7 cm³/mol. The molecule has 1 aromatic rings. The molecule has 0 radical (unpaired) electrons. The van der Waals surface area contributed by atoms with Crippen LogP contribution in [0, 0.1) is 0 Å². The number of alkyl halides is 1. The highest BCUT2D eigenvalue weighted by atomic mass is 19.1. The SMILES string of the molecule is CNC[C@@H]1C[C@H](F)CN1Cc1ncccn1. The molecule has 5 heteroatoms. The molecule has 0 saturated carbocycles. The zero-order valence-electron chi connectivity index (χ0n) is 9.43. The first-order valence-corrected chi connectivity index (χ1v) is 5.58. The molecule has 2 atom stereocenters. The van der Waals surface area contributed by atoms with Gasteiger partial charge in [0.05, 0.1) is 6.54 Å². The third-order valence-electron chi connectivity index (χ3n) is 2.88. The second-order valence-electron chi connectivity index (χ2n) is 4.14. The maximum absolute atomic E-state index is 13.3. The summed E-state index contributed by atoms with van der Waals surface area (Å²) in [6, 6.07) is 2.04. The van der Waals surface area contributed by atoms with Gasteiger partial charge in [0.15, 0.2) is 0 Å². The predicted octanol–water partition coefficient (Wildman–Crippen LogP) is 0.608. The zero-order chi connectivity index (χ0) is 11.4. The van der Waals surface area contributed by atoms with E-state index in [9.17, 15) is 4.39 Å². The summed E-state index contributed by atoms with van der Waals surface area (Å²) in [5, 5.41) is 3.10. The lowest BCUT2D eigenvalue weighted by Crippen LogP contribution is -2.36. The van der Waals surface area contributed by atoms with Gasteiger partial charge in [-0.15, -0.1) is 0 Å². The van der Waals surface area contributed by atoms with Crippen LogP contribution in [0.4, 0.5) is 4.39 Å². The van der Waals surface area contributed by atoms with Crippen LogP contribution in [0.25, 0.3) is 0 Å². The van der Waals surface area contributed by atoms with Gasteiger partial charge >= 0.3 is 0 Å². The quantitative estimate of drug-likeness (QED) is 0.813. The van der Waals surface area contributed by atoms with Gasteiger partial charge in [0.1, 0.15) is 12.0 Å². The first kappa shape index (κ1) is 11.4. The summed E-state index contributed by atoms with van der Waals surface area (Å²) in [6.07, 6.45) is 3.33. The van der Waals surface area contributed by atoms with Crippen molar-refractivity contribution in [1.29, 1.82) is 0 Å². The van der Waals surface area contributed by atoms with Crippen LogP contribution < -0.4 is 5.32 Å². The number of aromatic nitrogens is 2. The van der Waals surface area contributed by atoms with E-state index < -0.39 is 6.17 Å². The Balaban J connectivity index is 1.97. The van der Waals surface area contributed by atoms with E-state index in [1.54, 1.807) is 18.5 Å². The molecule has 4 nitrogen and oxygen atoms in total. The van der Waals surface area contributed by atoms with Crippen LogP contribution in [-0.4, -0.2) is 47.2 Å². The molecule has 0 unspecified atom stereocenters. The standard InChI is InChI=1S/C11H17FN4/c1-13-6-10-5-9(12)7-16(10)8-11-14-3-2-4-15-11/h2-4,9-10,13H,5-8H2,1H3/t9-,10-/m0/s1. The van der Waals surface area contributed by atoms with E-state index in [1.165, 1.54) is 0 Å². The molecule has 1 aromatic heterocycles. The molecule has 16 heavy (non-hydrogen) atoms. The summed E-state index contributed by atoms with van der Waals surface area (Å²) in [5.41, 5.74) is 0. The Kier molecular flexibility index (Phi) is 3.79. The normalized spacial score (nSPS) is 26.1. The molecular formula is C11H17FN4. The molecule has 0 amide bonds. The van der Waals surface area contributed by atoms with E-state index >= 15 is 0 Å². The molecule has 1 aliphatic heterocycles. The molecule has 2 rings (SSSR count). The molecule has 1 N–H and O–H groups in total. The van der Waals surface area contributed by atoms with Gasteiger partial charge in [0.2, 0.25) is 0 Å². The van der Waals surface area contributed by atoms with Crippen LogP contribution in [-0.2, 0) is 6.54 Å². The van der Waals surface area contributed by atoms with Crippen molar-refractivity contribution >= 4 is 0 Å². The molecule has 1 fully saturated rings. The van der Waals surface area contributed by atoms with Crippen molar-refractivity contribution in [3.05, 3.63) is 24.3 Å². The first-order valence-electron chi connectivity index (χ1n) is 5.58. The summed E-state index contributed by atoms with van der Waals surface area (Å²) in [4.78, 5) is 10.4. The average molecular weight is 224 g/mol. The molecule has 0 aromatic carbocycles. The number of rotatable bonds is 4. The lowest BCUT2D eigenvalue weighted by molar-refractivity contribution is 0.227. The average Bonchev–Trinajstić information content (AvgIpc) is 2.61. The van der Waals surface area contributed by atoms with Crippen molar-refractivity contribution < 1.29 is 4.39 Å². The van der Waals surface area contributed by atoms with Gasteiger partial charge in [-0.05, 0) is 19.5 Å². The summed E-state index contributed by atoms with van der Waals surface area (Å²) in [5.74, 6) is 0.762. The van der Waals surface area contributed by atoms with Crippen LogP contribution in [0.15, 0.2) is 18.5 Å². The monoisotopic (exact) mass is 224 g/mol. The van der Waals surface area contributed by atoms with Crippen molar-refractivity contribution in [3.63, 3.8) is 0 Å². The second kappa shape index (κ2) is 5.32. The van der Waals surface area contributed by atoms with Gasteiger partial charge in [0, 0.05) is 31.5 Å². The number of hydrogen-bond acceptors (Lipinski definition) is 4. The maximum atomic E-state index is 13.3. The highest BCUT2D eigenvalue weighted by molar-refractivity contribution is 4.93. The molecule has 2 heterocycles. The molecule has 0 bridgehead atoms. The Morgan fingerprint density at radius 3 is 2.94 bits per heavy atom. The molecular weight excluding hydrogens is 207 g/mol. The van der Waals surface area contributed by atoms with Gasteiger partial charge in [-0.3, -0.25) is 4.90 Å². The Morgan fingerprint density at radius 1 is 1.50 bits per heavy atom. The van der Waals surface area contributed by atoms with Crippen molar-refractivity contribution in [1.82, 2.24) is 20.2 Å². The largest absolute Gasteiger partial charge is 0.318 e. The maximum Gasteiger partial charge on any atom is 0.142 e.